The first-order chi connectivity index (χ1) is 13.2. The van der Waals surface area contributed by atoms with Crippen molar-refractivity contribution in [2.45, 2.75) is 32.4 Å². The van der Waals surface area contributed by atoms with Crippen molar-refractivity contribution in [3.63, 3.8) is 0 Å². The second-order valence-electron chi connectivity index (χ2n) is 6.75. The van der Waals surface area contributed by atoms with Crippen LogP contribution < -0.4 is 0 Å². The number of hydrogen-bond donors (Lipinski definition) is 1. The average Bonchev–Trinajstić information content (AvgIpc) is 3.11. The SMILES string of the molecule is Cc1ccc(Br)cc1-c1nc(C2OCCc3ccccc32)nn1CCCO. The fourth-order valence-electron chi connectivity index (χ4n) is 3.49. The van der Waals surface area contributed by atoms with E-state index in [2.05, 4.69) is 53.2 Å². The van der Waals surface area contributed by atoms with Crippen LogP contribution in [0.3, 0.4) is 0 Å². The van der Waals surface area contributed by atoms with Gasteiger partial charge in [0.15, 0.2) is 11.6 Å². The third-order valence-corrected chi connectivity index (χ3v) is 5.38. The van der Waals surface area contributed by atoms with E-state index in [0.717, 1.165) is 33.4 Å². The van der Waals surface area contributed by atoms with Gasteiger partial charge < -0.3 is 9.84 Å². The molecule has 27 heavy (non-hydrogen) atoms. The largest absolute Gasteiger partial charge is 0.396 e. The topological polar surface area (TPSA) is 60.2 Å². The van der Waals surface area contributed by atoms with Gasteiger partial charge in [-0.05, 0) is 48.6 Å². The maximum absolute atomic E-state index is 9.28. The molecular weight excluding hydrogens is 406 g/mol. The van der Waals surface area contributed by atoms with Crippen LogP contribution >= 0.6 is 15.9 Å². The summed E-state index contributed by atoms with van der Waals surface area (Å²) in [7, 11) is 0. The molecule has 0 aliphatic carbocycles. The summed E-state index contributed by atoms with van der Waals surface area (Å²) in [4.78, 5) is 4.88. The second kappa shape index (κ2) is 7.92. The summed E-state index contributed by atoms with van der Waals surface area (Å²) in [6.07, 6.45) is 1.29. The molecule has 1 aliphatic heterocycles. The molecule has 0 amide bonds. The van der Waals surface area contributed by atoms with E-state index < -0.39 is 0 Å². The van der Waals surface area contributed by atoms with Crippen LogP contribution in [0.25, 0.3) is 11.4 Å². The van der Waals surface area contributed by atoms with Gasteiger partial charge in [-0.15, -0.1) is 0 Å². The van der Waals surface area contributed by atoms with Crippen molar-refractivity contribution in [2.75, 3.05) is 13.2 Å². The lowest BCUT2D eigenvalue weighted by molar-refractivity contribution is 0.0639. The zero-order valence-corrected chi connectivity index (χ0v) is 16.8. The number of aromatic nitrogens is 3. The van der Waals surface area contributed by atoms with Crippen molar-refractivity contribution in [1.82, 2.24) is 14.8 Å². The number of aliphatic hydroxyl groups is 1. The minimum Gasteiger partial charge on any atom is -0.396 e. The third kappa shape index (κ3) is 3.70. The Morgan fingerprint density at radius 3 is 2.96 bits per heavy atom. The first kappa shape index (κ1) is 18.3. The Morgan fingerprint density at radius 2 is 2.11 bits per heavy atom. The van der Waals surface area contributed by atoms with Gasteiger partial charge in [0, 0.05) is 23.2 Å². The molecule has 1 unspecified atom stereocenters. The zero-order valence-electron chi connectivity index (χ0n) is 15.2. The molecule has 3 aromatic rings. The smallest absolute Gasteiger partial charge is 0.184 e. The van der Waals surface area contributed by atoms with E-state index in [4.69, 9.17) is 14.8 Å². The highest BCUT2D eigenvalue weighted by Crippen LogP contribution is 2.33. The fourth-order valence-corrected chi connectivity index (χ4v) is 3.85. The molecule has 1 aromatic heterocycles. The molecule has 0 radical (unpaired) electrons. The number of aryl methyl sites for hydroxylation is 2. The number of benzene rings is 2. The molecule has 4 rings (SSSR count). The van der Waals surface area contributed by atoms with Gasteiger partial charge in [-0.3, -0.25) is 0 Å². The number of ether oxygens (including phenoxy) is 1. The van der Waals surface area contributed by atoms with Crippen LogP contribution in [-0.4, -0.2) is 33.1 Å². The molecular formula is C21H22BrN3O2. The number of fused-ring (bicyclic) bond motifs is 1. The molecule has 2 aromatic carbocycles. The number of halogens is 1. The van der Waals surface area contributed by atoms with Crippen LogP contribution in [0.15, 0.2) is 46.9 Å². The number of rotatable bonds is 5. The average molecular weight is 428 g/mol. The van der Waals surface area contributed by atoms with Crippen LogP contribution in [0.2, 0.25) is 0 Å². The molecule has 2 heterocycles. The van der Waals surface area contributed by atoms with Crippen LogP contribution in [0.1, 0.15) is 35.0 Å². The van der Waals surface area contributed by atoms with Crippen molar-refractivity contribution < 1.29 is 9.84 Å². The maximum atomic E-state index is 9.28. The fraction of sp³-hybridized carbons (Fsp3) is 0.333. The van der Waals surface area contributed by atoms with Crippen molar-refractivity contribution >= 4 is 15.9 Å². The molecule has 6 heteroatoms. The summed E-state index contributed by atoms with van der Waals surface area (Å²) in [5.41, 5.74) is 4.60. The van der Waals surface area contributed by atoms with Gasteiger partial charge in [-0.2, -0.15) is 5.10 Å². The minimum absolute atomic E-state index is 0.120. The Bertz CT molecular complexity index is 954. The lowest BCUT2D eigenvalue weighted by atomic mass is 9.97. The van der Waals surface area contributed by atoms with E-state index in [1.807, 2.05) is 16.8 Å². The van der Waals surface area contributed by atoms with Gasteiger partial charge in [0.25, 0.3) is 0 Å². The Kier molecular flexibility index (Phi) is 5.38. The predicted octanol–water partition coefficient (Wildman–Crippen LogP) is 4.06. The zero-order chi connectivity index (χ0) is 18.8. The normalized spacial score (nSPS) is 16.3. The van der Waals surface area contributed by atoms with Crippen LogP contribution in [0, 0.1) is 6.92 Å². The van der Waals surface area contributed by atoms with E-state index in [1.54, 1.807) is 0 Å². The molecule has 1 N–H and O–H groups in total. The molecule has 5 nitrogen and oxygen atoms in total. The van der Waals surface area contributed by atoms with Crippen LogP contribution in [0.5, 0.6) is 0 Å². The Morgan fingerprint density at radius 1 is 1.26 bits per heavy atom. The van der Waals surface area contributed by atoms with Gasteiger partial charge >= 0.3 is 0 Å². The summed E-state index contributed by atoms with van der Waals surface area (Å²) < 4.78 is 8.95. The third-order valence-electron chi connectivity index (χ3n) is 4.88. The van der Waals surface area contributed by atoms with E-state index in [1.165, 1.54) is 5.56 Å². The molecule has 0 saturated carbocycles. The molecule has 0 bridgehead atoms. The maximum Gasteiger partial charge on any atom is 0.184 e. The first-order valence-electron chi connectivity index (χ1n) is 9.19. The highest BCUT2D eigenvalue weighted by Gasteiger charge is 2.27. The number of nitrogens with zero attached hydrogens (tertiary/aromatic N) is 3. The van der Waals surface area contributed by atoms with Crippen molar-refractivity contribution in [3.8, 4) is 11.4 Å². The van der Waals surface area contributed by atoms with Gasteiger partial charge in [0.05, 0.1) is 6.61 Å². The van der Waals surface area contributed by atoms with Gasteiger partial charge in [-0.1, -0.05) is 46.3 Å². The summed E-state index contributed by atoms with van der Waals surface area (Å²) >= 11 is 3.55. The summed E-state index contributed by atoms with van der Waals surface area (Å²) in [5, 5.41) is 14.1. The van der Waals surface area contributed by atoms with E-state index in [9.17, 15) is 5.11 Å². The van der Waals surface area contributed by atoms with Crippen molar-refractivity contribution in [2.24, 2.45) is 0 Å². The first-order valence-corrected chi connectivity index (χ1v) is 9.98. The van der Waals surface area contributed by atoms with E-state index >= 15 is 0 Å². The highest BCUT2D eigenvalue weighted by atomic mass is 79.9. The van der Waals surface area contributed by atoms with Crippen LogP contribution in [0.4, 0.5) is 0 Å². The number of aliphatic hydroxyl groups excluding tert-OH is 1. The van der Waals surface area contributed by atoms with Crippen molar-refractivity contribution in [1.29, 1.82) is 0 Å². The summed E-state index contributed by atoms with van der Waals surface area (Å²) in [6, 6.07) is 14.5. The lowest BCUT2D eigenvalue weighted by Gasteiger charge is -2.23. The molecule has 1 atom stereocenters. The van der Waals surface area contributed by atoms with Crippen molar-refractivity contribution in [3.05, 3.63) is 69.5 Å². The Hall–Kier alpha value is -2.02. The van der Waals surface area contributed by atoms with Crippen LogP contribution in [-0.2, 0) is 17.7 Å². The highest BCUT2D eigenvalue weighted by molar-refractivity contribution is 9.10. The van der Waals surface area contributed by atoms with E-state index in [0.29, 0.717) is 25.4 Å². The molecule has 0 spiro atoms. The number of hydrogen-bond acceptors (Lipinski definition) is 4. The molecule has 140 valence electrons. The molecule has 0 saturated heterocycles. The minimum atomic E-state index is -0.253. The second-order valence-corrected chi connectivity index (χ2v) is 7.67. The Labute approximate surface area is 167 Å². The summed E-state index contributed by atoms with van der Waals surface area (Å²) in [6.45, 7) is 3.46. The van der Waals surface area contributed by atoms with E-state index in [-0.39, 0.29) is 12.7 Å². The van der Waals surface area contributed by atoms with Gasteiger partial charge in [-0.25, -0.2) is 9.67 Å². The van der Waals surface area contributed by atoms with Gasteiger partial charge in [0.1, 0.15) is 6.10 Å². The standard InChI is InChI=1S/C21H22BrN3O2/c1-14-7-8-16(22)13-18(14)21-23-20(24-25(21)10-4-11-26)19-17-6-3-2-5-15(17)9-12-27-19/h2-3,5-8,13,19,26H,4,9-12H2,1H3. The lowest BCUT2D eigenvalue weighted by Crippen LogP contribution is -2.18. The predicted molar refractivity (Wildman–Crippen MR) is 108 cm³/mol. The quantitative estimate of drug-likeness (QED) is 0.666. The molecule has 1 aliphatic rings. The monoisotopic (exact) mass is 427 g/mol. The summed E-state index contributed by atoms with van der Waals surface area (Å²) in [5.74, 6) is 1.48. The molecule has 0 fully saturated rings. The van der Waals surface area contributed by atoms with Gasteiger partial charge in [0.2, 0.25) is 0 Å². The Balaban J connectivity index is 1.80.